The predicted molar refractivity (Wildman–Crippen MR) is 76.1 cm³/mol. The van der Waals surface area contributed by atoms with Crippen LogP contribution in [0.3, 0.4) is 0 Å². The summed E-state index contributed by atoms with van der Waals surface area (Å²) in [6.07, 6.45) is 3.81. The average molecular weight is 263 g/mol. The molecule has 0 amide bonds. The number of imidazole rings is 1. The lowest BCUT2D eigenvalue weighted by Crippen LogP contribution is -2.10. The summed E-state index contributed by atoms with van der Waals surface area (Å²) in [5.74, 6) is 1.84. The van der Waals surface area contributed by atoms with Gasteiger partial charge in [-0.25, -0.2) is 4.98 Å². The van der Waals surface area contributed by atoms with E-state index in [-0.39, 0.29) is 5.38 Å². The van der Waals surface area contributed by atoms with Crippen LogP contribution in [0, 0.1) is 5.92 Å². The monoisotopic (exact) mass is 262 g/mol. The molecule has 3 atom stereocenters. The summed E-state index contributed by atoms with van der Waals surface area (Å²) >= 11 is 6.31. The third kappa shape index (κ3) is 1.93. The zero-order chi connectivity index (χ0) is 12.7. The molecule has 0 saturated heterocycles. The number of para-hydroxylation sites is 2. The first-order valence-electron chi connectivity index (χ1n) is 6.77. The van der Waals surface area contributed by atoms with Gasteiger partial charge in [-0.1, -0.05) is 19.1 Å². The van der Waals surface area contributed by atoms with Crippen molar-refractivity contribution in [2.24, 2.45) is 5.92 Å². The van der Waals surface area contributed by atoms with Crippen molar-refractivity contribution < 1.29 is 0 Å². The van der Waals surface area contributed by atoms with Crippen molar-refractivity contribution in [2.75, 3.05) is 0 Å². The number of nitrogens with zero attached hydrogens (tertiary/aromatic N) is 2. The highest BCUT2D eigenvalue weighted by atomic mass is 35.5. The highest BCUT2D eigenvalue weighted by Gasteiger charge is 2.27. The van der Waals surface area contributed by atoms with E-state index in [4.69, 9.17) is 16.6 Å². The Morgan fingerprint density at radius 1 is 1.33 bits per heavy atom. The maximum absolute atomic E-state index is 6.31. The third-order valence-corrected chi connectivity index (χ3v) is 4.21. The lowest BCUT2D eigenvalue weighted by Gasteiger charge is -2.17. The zero-order valence-electron chi connectivity index (χ0n) is 10.9. The van der Waals surface area contributed by atoms with E-state index >= 15 is 0 Å². The second-order valence-corrected chi connectivity index (χ2v) is 6.17. The fourth-order valence-electron chi connectivity index (χ4n) is 3.14. The second kappa shape index (κ2) is 4.58. The molecule has 0 spiro atoms. The molecule has 1 aliphatic rings. The van der Waals surface area contributed by atoms with Gasteiger partial charge in [0.2, 0.25) is 0 Å². The van der Waals surface area contributed by atoms with E-state index in [1.165, 1.54) is 24.8 Å². The van der Waals surface area contributed by atoms with Crippen LogP contribution in [0.5, 0.6) is 0 Å². The van der Waals surface area contributed by atoms with Crippen molar-refractivity contribution in [3.63, 3.8) is 0 Å². The van der Waals surface area contributed by atoms with E-state index in [0.29, 0.717) is 6.04 Å². The topological polar surface area (TPSA) is 17.8 Å². The molecular weight excluding hydrogens is 244 g/mol. The Morgan fingerprint density at radius 3 is 2.78 bits per heavy atom. The number of benzene rings is 1. The Morgan fingerprint density at radius 2 is 2.11 bits per heavy atom. The molecule has 1 saturated carbocycles. The Hall–Kier alpha value is -1.02. The van der Waals surface area contributed by atoms with Crippen molar-refractivity contribution in [3.05, 3.63) is 30.1 Å². The SMILES string of the molecule is CC1CCC(n2c(C(C)Cl)nc3ccccc32)C1. The van der Waals surface area contributed by atoms with Crippen LogP contribution in [0.2, 0.25) is 0 Å². The van der Waals surface area contributed by atoms with Gasteiger partial charge >= 0.3 is 0 Å². The molecular formula is C15H19ClN2. The molecule has 1 aromatic carbocycles. The Kier molecular flexibility index (Phi) is 3.06. The summed E-state index contributed by atoms with van der Waals surface area (Å²) in [4.78, 5) is 4.71. The molecule has 1 fully saturated rings. The number of hydrogen-bond donors (Lipinski definition) is 0. The highest BCUT2D eigenvalue weighted by Crippen LogP contribution is 2.38. The minimum atomic E-state index is -0.0340. The van der Waals surface area contributed by atoms with Gasteiger partial charge in [0.05, 0.1) is 16.4 Å². The molecule has 1 aliphatic carbocycles. The van der Waals surface area contributed by atoms with Gasteiger partial charge in [0.25, 0.3) is 0 Å². The number of rotatable bonds is 2. The largest absolute Gasteiger partial charge is 0.324 e. The highest BCUT2D eigenvalue weighted by molar-refractivity contribution is 6.20. The summed E-state index contributed by atoms with van der Waals surface area (Å²) in [6, 6.07) is 8.94. The van der Waals surface area contributed by atoms with E-state index < -0.39 is 0 Å². The van der Waals surface area contributed by atoms with Crippen LogP contribution in [0.25, 0.3) is 11.0 Å². The molecule has 0 N–H and O–H groups in total. The van der Waals surface area contributed by atoms with Crippen LogP contribution >= 0.6 is 11.6 Å². The molecule has 1 aromatic heterocycles. The molecule has 3 heteroatoms. The van der Waals surface area contributed by atoms with Gasteiger partial charge in [0.1, 0.15) is 5.82 Å². The van der Waals surface area contributed by atoms with Crippen LogP contribution in [0.4, 0.5) is 0 Å². The molecule has 18 heavy (non-hydrogen) atoms. The van der Waals surface area contributed by atoms with E-state index in [0.717, 1.165) is 17.3 Å². The van der Waals surface area contributed by atoms with Gasteiger partial charge in [-0.3, -0.25) is 0 Å². The molecule has 96 valence electrons. The molecule has 1 heterocycles. The number of hydrogen-bond acceptors (Lipinski definition) is 1. The zero-order valence-corrected chi connectivity index (χ0v) is 11.7. The maximum Gasteiger partial charge on any atom is 0.127 e. The van der Waals surface area contributed by atoms with Gasteiger partial charge in [-0.2, -0.15) is 0 Å². The van der Waals surface area contributed by atoms with Gasteiger partial charge in [-0.05, 0) is 44.2 Å². The molecule has 3 rings (SSSR count). The number of halogens is 1. The van der Waals surface area contributed by atoms with Gasteiger partial charge < -0.3 is 4.57 Å². The van der Waals surface area contributed by atoms with Crippen molar-refractivity contribution in [3.8, 4) is 0 Å². The smallest absolute Gasteiger partial charge is 0.127 e. The quantitative estimate of drug-likeness (QED) is 0.718. The minimum absolute atomic E-state index is 0.0340. The molecule has 2 nitrogen and oxygen atoms in total. The number of alkyl halides is 1. The number of fused-ring (bicyclic) bond motifs is 1. The van der Waals surface area contributed by atoms with E-state index in [1.54, 1.807) is 0 Å². The van der Waals surface area contributed by atoms with Gasteiger partial charge in [0.15, 0.2) is 0 Å². The molecule has 0 bridgehead atoms. The first-order valence-corrected chi connectivity index (χ1v) is 7.21. The fourth-order valence-corrected chi connectivity index (χ4v) is 3.29. The van der Waals surface area contributed by atoms with E-state index in [9.17, 15) is 0 Å². The third-order valence-electron chi connectivity index (χ3n) is 4.01. The summed E-state index contributed by atoms with van der Waals surface area (Å²) in [5, 5.41) is -0.0340. The normalized spacial score (nSPS) is 25.7. The van der Waals surface area contributed by atoms with Crippen molar-refractivity contribution in [1.29, 1.82) is 0 Å². The summed E-state index contributed by atoms with van der Waals surface area (Å²) in [7, 11) is 0. The van der Waals surface area contributed by atoms with Gasteiger partial charge in [-0.15, -0.1) is 11.6 Å². The fraction of sp³-hybridized carbons (Fsp3) is 0.533. The molecule has 2 aromatic rings. The van der Waals surface area contributed by atoms with Gasteiger partial charge in [0, 0.05) is 6.04 Å². The standard InChI is InChI=1S/C15H19ClN2/c1-10-7-8-12(9-10)18-14-6-4-3-5-13(14)17-15(18)11(2)16/h3-6,10-12H,7-9H2,1-2H3. The average Bonchev–Trinajstić information content (AvgIpc) is 2.92. The van der Waals surface area contributed by atoms with E-state index in [1.807, 2.05) is 13.0 Å². The molecule has 0 radical (unpaired) electrons. The second-order valence-electron chi connectivity index (χ2n) is 5.52. The Bertz CT molecular complexity index is 559. The summed E-state index contributed by atoms with van der Waals surface area (Å²) < 4.78 is 2.39. The Labute approximate surface area is 113 Å². The first kappa shape index (κ1) is 12.0. The van der Waals surface area contributed by atoms with E-state index in [2.05, 4.69) is 29.7 Å². The van der Waals surface area contributed by atoms with Crippen molar-refractivity contribution in [1.82, 2.24) is 9.55 Å². The Balaban J connectivity index is 2.15. The summed E-state index contributed by atoms with van der Waals surface area (Å²) in [6.45, 7) is 4.35. The molecule has 3 unspecified atom stereocenters. The summed E-state index contributed by atoms with van der Waals surface area (Å²) in [5.41, 5.74) is 2.30. The van der Waals surface area contributed by atoms with Crippen LogP contribution < -0.4 is 0 Å². The maximum atomic E-state index is 6.31. The van der Waals surface area contributed by atoms with Crippen LogP contribution in [-0.4, -0.2) is 9.55 Å². The minimum Gasteiger partial charge on any atom is -0.324 e. The predicted octanol–water partition coefficient (Wildman–Crippen LogP) is 4.70. The van der Waals surface area contributed by atoms with Crippen molar-refractivity contribution in [2.45, 2.75) is 44.5 Å². The first-order chi connectivity index (χ1) is 8.66. The lowest BCUT2D eigenvalue weighted by molar-refractivity contribution is 0.488. The van der Waals surface area contributed by atoms with Crippen LogP contribution in [-0.2, 0) is 0 Å². The number of aromatic nitrogens is 2. The lowest BCUT2D eigenvalue weighted by atomic mass is 10.1. The van der Waals surface area contributed by atoms with Crippen LogP contribution in [0.15, 0.2) is 24.3 Å². The van der Waals surface area contributed by atoms with Crippen LogP contribution in [0.1, 0.15) is 50.4 Å². The van der Waals surface area contributed by atoms with Crippen molar-refractivity contribution >= 4 is 22.6 Å². The molecule has 0 aliphatic heterocycles.